The van der Waals surface area contributed by atoms with E-state index in [0.29, 0.717) is 5.82 Å². The van der Waals surface area contributed by atoms with Crippen molar-refractivity contribution >= 4 is 21.9 Å². The van der Waals surface area contributed by atoms with Crippen LogP contribution in [0.15, 0.2) is 30.5 Å². The molecule has 5 heteroatoms. The van der Waals surface area contributed by atoms with Gasteiger partial charge in [-0.05, 0) is 38.9 Å². The predicted octanol–water partition coefficient (Wildman–Crippen LogP) is 2.92. The minimum absolute atomic E-state index is 0.577. The molecule has 22 heavy (non-hydrogen) atoms. The second-order valence-corrected chi connectivity index (χ2v) is 5.65. The molecule has 1 atom stereocenters. The van der Waals surface area contributed by atoms with Gasteiger partial charge in [0.25, 0.3) is 0 Å². The molecule has 0 radical (unpaired) electrons. The third-order valence-electron chi connectivity index (χ3n) is 3.84. The van der Waals surface area contributed by atoms with Crippen molar-refractivity contribution in [1.29, 1.82) is 0 Å². The highest BCUT2D eigenvalue weighted by molar-refractivity contribution is 6.01. The van der Waals surface area contributed by atoms with Crippen LogP contribution in [0.1, 0.15) is 38.1 Å². The summed E-state index contributed by atoms with van der Waals surface area (Å²) in [5.41, 5.74) is 2.63. The summed E-state index contributed by atoms with van der Waals surface area (Å²) in [5, 5.41) is 13.8. The molecule has 0 spiro atoms. The number of nitrogens with one attached hydrogen (secondary N) is 2. The van der Waals surface area contributed by atoms with Crippen LogP contribution < -0.4 is 5.32 Å². The molecule has 1 aromatic carbocycles. The summed E-state index contributed by atoms with van der Waals surface area (Å²) >= 11 is 0. The van der Waals surface area contributed by atoms with Gasteiger partial charge >= 0.3 is 0 Å². The van der Waals surface area contributed by atoms with Crippen LogP contribution in [0.3, 0.4) is 0 Å². The average molecular weight is 298 g/mol. The van der Waals surface area contributed by atoms with Crippen molar-refractivity contribution in [2.24, 2.45) is 0 Å². The molecule has 3 N–H and O–H groups in total. The molecule has 3 heterocycles. The molecule has 1 saturated heterocycles. The molecule has 1 unspecified atom stereocenters. The summed E-state index contributed by atoms with van der Waals surface area (Å²) in [4.78, 5) is 11.8. The molecule has 1 aliphatic rings. The summed E-state index contributed by atoms with van der Waals surface area (Å²) in [6.45, 7) is 4.19. The number of fused-ring (bicyclic) bond motifs is 3. The SMILES string of the molecule is C1CCNCC1.CC(O)c1nc2c(cnc3ccccc32)[nH]1. The van der Waals surface area contributed by atoms with Crippen molar-refractivity contribution < 1.29 is 5.11 Å². The van der Waals surface area contributed by atoms with Crippen LogP contribution >= 0.6 is 0 Å². The van der Waals surface area contributed by atoms with Crippen molar-refractivity contribution in [3.05, 3.63) is 36.3 Å². The zero-order valence-electron chi connectivity index (χ0n) is 12.8. The molecule has 116 valence electrons. The Bertz CT molecular complexity index is 735. The summed E-state index contributed by atoms with van der Waals surface area (Å²) in [6.07, 6.45) is 5.37. The van der Waals surface area contributed by atoms with Crippen LogP contribution in [-0.2, 0) is 0 Å². The van der Waals surface area contributed by atoms with Crippen molar-refractivity contribution in [1.82, 2.24) is 20.3 Å². The van der Waals surface area contributed by atoms with Crippen molar-refractivity contribution in [2.45, 2.75) is 32.3 Å². The van der Waals surface area contributed by atoms with Crippen LogP contribution in [0.5, 0.6) is 0 Å². The molecule has 0 aliphatic carbocycles. The molecular formula is C17H22N4O. The maximum Gasteiger partial charge on any atom is 0.136 e. The van der Waals surface area contributed by atoms with Crippen LogP contribution in [0.25, 0.3) is 21.9 Å². The third-order valence-corrected chi connectivity index (χ3v) is 3.84. The molecule has 2 aromatic heterocycles. The Kier molecular flexibility index (Phi) is 4.65. The first-order valence-electron chi connectivity index (χ1n) is 7.88. The number of benzene rings is 1. The first-order valence-corrected chi connectivity index (χ1v) is 7.88. The maximum atomic E-state index is 9.48. The number of aromatic amines is 1. The average Bonchev–Trinajstić information content (AvgIpc) is 3.02. The first kappa shape index (κ1) is 14.9. The number of pyridine rings is 1. The summed E-state index contributed by atoms with van der Waals surface area (Å²) in [6, 6.07) is 7.84. The van der Waals surface area contributed by atoms with Gasteiger partial charge < -0.3 is 15.4 Å². The van der Waals surface area contributed by atoms with Gasteiger partial charge in [0.15, 0.2) is 0 Å². The number of nitrogens with zero attached hydrogens (tertiary/aromatic N) is 2. The number of hydrogen-bond acceptors (Lipinski definition) is 4. The molecule has 0 saturated carbocycles. The number of hydrogen-bond donors (Lipinski definition) is 3. The summed E-state index contributed by atoms with van der Waals surface area (Å²) < 4.78 is 0. The van der Waals surface area contributed by atoms with E-state index >= 15 is 0 Å². The van der Waals surface area contributed by atoms with E-state index in [1.54, 1.807) is 13.1 Å². The van der Waals surface area contributed by atoms with E-state index in [-0.39, 0.29) is 0 Å². The second kappa shape index (κ2) is 6.85. The number of piperidine rings is 1. The Morgan fingerprint density at radius 3 is 2.55 bits per heavy atom. The zero-order chi connectivity index (χ0) is 15.4. The number of rotatable bonds is 1. The van der Waals surface area contributed by atoms with E-state index < -0.39 is 6.10 Å². The smallest absolute Gasteiger partial charge is 0.136 e. The van der Waals surface area contributed by atoms with Crippen LogP contribution in [0, 0.1) is 0 Å². The Morgan fingerprint density at radius 1 is 1.14 bits per heavy atom. The van der Waals surface area contributed by atoms with Gasteiger partial charge in [0.05, 0.1) is 22.7 Å². The lowest BCUT2D eigenvalue weighted by molar-refractivity contribution is 0.190. The fourth-order valence-electron chi connectivity index (χ4n) is 2.62. The maximum absolute atomic E-state index is 9.48. The van der Waals surface area contributed by atoms with Crippen LogP contribution in [-0.4, -0.2) is 33.1 Å². The second-order valence-electron chi connectivity index (χ2n) is 5.65. The minimum atomic E-state index is -0.592. The van der Waals surface area contributed by atoms with Crippen LogP contribution in [0.4, 0.5) is 0 Å². The van der Waals surface area contributed by atoms with Crippen molar-refractivity contribution in [3.63, 3.8) is 0 Å². The first-order chi connectivity index (χ1) is 10.8. The number of imidazole rings is 1. The molecule has 1 fully saturated rings. The molecule has 3 aromatic rings. The van der Waals surface area contributed by atoms with Gasteiger partial charge in [-0.3, -0.25) is 4.98 Å². The van der Waals surface area contributed by atoms with Gasteiger partial charge in [-0.1, -0.05) is 24.6 Å². The van der Waals surface area contributed by atoms with Crippen molar-refractivity contribution in [3.8, 4) is 0 Å². The minimum Gasteiger partial charge on any atom is -0.385 e. The van der Waals surface area contributed by atoms with E-state index in [4.69, 9.17) is 0 Å². The summed E-state index contributed by atoms with van der Waals surface area (Å²) in [7, 11) is 0. The number of H-pyrrole nitrogens is 1. The molecule has 5 nitrogen and oxygen atoms in total. The highest BCUT2D eigenvalue weighted by atomic mass is 16.3. The quantitative estimate of drug-likeness (QED) is 0.646. The third kappa shape index (κ3) is 3.26. The standard InChI is InChI=1S/C12H11N3O.C5H11N/c1-7(16)12-14-10-6-13-9-5-3-2-4-8(9)11(10)15-12;1-2-4-6-5-3-1/h2-7,16H,1H3,(H,14,15);6H,1-5H2. The highest BCUT2D eigenvalue weighted by Gasteiger charge is 2.10. The molecule has 0 bridgehead atoms. The lowest BCUT2D eigenvalue weighted by atomic mass is 10.2. The van der Waals surface area contributed by atoms with Crippen LogP contribution in [0.2, 0.25) is 0 Å². The van der Waals surface area contributed by atoms with Gasteiger partial charge in [0.2, 0.25) is 0 Å². The Hall–Kier alpha value is -1.98. The highest BCUT2D eigenvalue weighted by Crippen LogP contribution is 2.22. The van der Waals surface area contributed by atoms with Gasteiger partial charge in [-0.25, -0.2) is 4.98 Å². The van der Waals surface area contributed by atoms with E-state index in [1.165, 1.54) is 32.4 Å². The zero-order valence-corrected chi connectivity index (χ0v) is 12.8. The lowest BCUT2D eigenvalue weighted by Gasteiger charge is -2.08. The number of aliphatic hydroxyl groups excluding tert-OH is 1. The molecule has 1 aliphatic heterocycles. The van der Waals surface area contributed by atoms with E-state index in [9.17, 15) is 5.11 Å². The Balaban J connectivity index is 0.000000202. The predicted molar refractivity (Wildman–Crippen MR) is 88.7 cm³/mol. The van der Waals surface area contributed by atoms with E-state index in [2.05, 4.69) is 20.3 Å². The molecular weight excluding hydrogens is 276 g/mol. The van der Waals surface area contributed by atoms with Crippen molar-refractivity contribution in [2.75, 3.05) is 13.1 Å². The van der Waals surface area contributed by atoms with E-state index in [0.717, 1.165) is 21.9 Å². The molecule has 0 amide bonds. The Labute approximate surface area is 129 Å². The van der Waals surface area contributed by atoms with Gasteiger partial charge in [-0.2, -0.15) is 0 Å². The van der Waals surface area contributed by atoms with E-state index in [1.807, 2.05) is 24.3 Å². The fourth-order valence-corrected chi connectivity index (χ4v) is 2.62. The number of aromatic nitrogens is 3. The Morgan fingerprint density at radius 2 is 1.91 bits per heavy atom. The molecule has 4 rings (SSSR count). The van der Waals surface area contributed by atoms with Gasteiger partial charge in [-0.15, -0.1) is 0 Å². The van der Waals surface area contributed by atoms with Gasteiger partial charge in [0.1, 0.15) is 11.9 Å². The number of para-hydroxylation sites is 1. The normalized spacial score (nSPS) is 16.3. The topological polar surface area (TPSA) is 73.8 Å². The van der Waals surface area contributed by atoms with Gasteiger partial charge in [0, 0.05) is 5.39 Å². The monoisotopic (exact) mass is 298 g/mol. The summed E-state index contributed by atoms with van der Waals surface area (Å²) in [5.74, 6) is 0.577. The number of aliphatic hydroxyl groups is 1. The fraction of sp³-hybridized carbons (Fsp3) is 0.412. The lowest BCUT2D eigenvalue weighted by Crippen LogP contribution is -2.21. The largest absolute Gasteiger partial charge is 0.385 e.